The van der Waals surface area contributed by atoms with Gasteiger partial charge in [-0.1, -0.05) is 12.1 Å². The highest BCUT2D eigenvalue weighted by atomic mass is 127. The van der Waals surface area contributed by atoms with Crippen LogP contribution in [-0.2, 0) is 21.3 Å². The number of guanidine groups is 1. The van der Waals surface area contributed by atoms with E-state index in [1.54, 1.807) is 25.2 Å². The van der Waals surface area contributed by atoms with Crippen LogP contribution in [0.25, 0.3) is 0 Å². The van der Waals surface area contributed by atoms with E-state index in [2.05, 4.69) is 20.3 Å². The summed E-state index contributed by atoms with van der Waals surface area (Å²) in [4.78, 5) is 4.42. The molecule has 0 heterocycles. The molecule has 25 heavy (non-hydrogen) atoms. The van der Waals surface area contributed by atoms with Gasteiger partial charge in [0.05, 0.1) is 11.5 Å². The lowest BCUT2D eigenvalue weighted by Crippen LogP contribution is -2.37. The van der Waals surface area contributed by atoms with E-state index in [0.717, 1.165) is 24.0 Å². The van der Waals surface area contributed by atoms with Crippen LogP contribution in [0.2, 0.25) is 0 Å². The van der Waals surface area contributed by atoms with Gasteiger partial charge in [0.25, 0.3) is 0 Å². The Kier molecular flexibility index (Phi) is 9.69. The van der Waals surface area contributed by atoms with Crippen LogP contribution in [-0.4, -0.2) is 48.2 Å². The lowest BCUT2D eigenvalue weighted by atomic mass is 10.2. The van der Waals surface area contributed by atoms with E-state index < -0.39 is 10.0 Å². The number of aliphatic imine (C=N–C) groups is 1. The molecule has 1 aliphatic rings. The summed E-state index contributed by atoms with van der Waals surface area (Å²) in [6.45, 7) is 2.02. The van der Waals surface area contributed by atoms with E-state index >= 15 is 0 Å². The molecule has 0 spiro atoms. The third-order valence-corrected chi connectivity index (χ3v) is 5.20. The molecular weight excluding hydrogens is 455 g/mol. The topological polar surface area (TPSA) is 91.8 Å². The number of sulfonamides is 1. The van der Waals surface area contributed by atoms with Crippen LogP contribution < -0.4 is 15.4 Å². The molecule has 1 fully saturated rings. The molecular formula is C16H27IN4O3S. The number of halogens is 1. The highest BCUT2D eigenvalue weighted by Gasteiger charge is 2.21. The van der Waals surface area contributed by atoms with Crippen LogP contribution in [0.4, 0.5) is 0 Å². The average Bonchev–Trinajstić information content (AvgIpc) is 3.40. The fourth-order valence-corrected chi connectivity index (χ4v) is 3.24. The number of nitrogens with one attached hydrogen (secondary N) is 3. The summed E-state index contributed by atoms with van der Waals surface area (Å²) in [6.07, 6.45) is 2.56. The van der Waals surface area contributed by atoms with Gasteiger partial charge >= 0.3 is 0 Å². The van der Waals surface area contributed by atoms with Crippen LogP contribution in [0.1, 0.15) is 18.4 Å². The largest absolute Gasteiger partial charge is 0.383 e. The lowest BCUT2D eigenvalue weighted by Gasteiger charge is -2.12. The van der Waals surface area contributed by atoms with Crippen LogP contribution in [0.3, 0.4) is 0 Å². The summed E-state index contributed by atoms with van der Waals surface area (Å²) >= 11 is 0. The summed E-state index contributed by atoms with van der Waals surface area (Å²) in [5, 5.41) is 6.48. The first kappa shape index (κ1) is 22.1. The normalized spacial score (nSPS) is 14.7. The van der Waals surface area contributed by atoms with E-state index in [1.807, 2.05) is 6.07 Å². The molecule has 1 aromatic rings. The van der Waals surface area contributed by atoms with Gasteiger partial charge in [0.1, 0.15) is 0 Å². The number of hydrogen-bond donors (Lipinski definition) is 3. The SMILES string of the molecule is CN=C(NCc1cccc(S(=O)(=O)NCCOC)c1)NCC1CC1.I. The summed E-state index contributed by atoms with van der Waals surface area (Å²) in [5.74, 6) is 1.49. The maximum Gasteiger partial charge on any atom is 0.240 e. The molecule has 0 saturated heterocycles. The second-order valence-electron chi connectivity index (χ2n) is 5.79. The minimum Gasteiger partial charge on any atom is -0.383 e. The molecule has 7 nitrogen and oxygen atoms in total. The molecule has 0 amide bonds. The fourth-order valence-electron chi connectivity index (χ4n) is 2.15. The Morgan fingerprint density at radius 1 is 1.32 bits per heavy atom. The van der Waals surface area contributed by atoms with E-state index in [1.165, 1.54) is 20.0 Å². The Morgan fingerprint density at radius 3 is 2.72 bits per heavy atom. The van der Waals surface area contributed by atoms with E-state index in [-0.39, 0.29) is 35.4 Å². The molecule has 0 aromatic heterocycles. The summed E-state index contributed by atoms with van der Waals surface area (Å²) in [7, 11) is -0.258. The van der Waals surface area contributed by atoms with E-state index in [0.29, 0.717) is 13.2 Å². The van der Waals surface area contributed by atoms with E-state index in [4.69, 9.17) is 4.74 Å². The van der Waals surface area contributed by atoms with Crippen molar-refractivity contribution in [1.82, 2.24) is 15.4 Å². The third kappa shape index (κ3) is 7.89. The Bertz CT molecular complexity index is 663. The van der Waals surface area contributed by atoms with Crippen molar-refractivity contribution >= 4 is 40.0 Å². The second kappa shape index (κ2) is 10.9. The van der Waals surface area contributed by atoms with Crippen molar-refractivity contribution in [2.24, 2.45) is 10.9 Å². The van der Waals surface area contributed by atoms with Crippen molar-refractivity contribution in [3.63, 3.8) is 0 Å². The number of rotatable bonds is 9. The summed E-state index contributed by atoms with van der Waals surface area (Å²) in [6, 6.07) is 6.87. The highest BCUT2D eigenvalue weighted by molar-refractivity contribution is 14.0. The minimum atomic E-state index is -3.52. The zero-order chi connectivity index (χ0) is 17.4. The van der Waals surface area contributed by atoms with Crippen LogP contribution >= 0.6 is 24.0 Å². The smallest absolute Gasteiger partial charge is 0.240 e. The Hall–Kier alpha value is -0.910. The molecule has 1 aliphatic carbocycles. The molecule has 1 aromatic carbocycles. The highest BCUT2D eigenvalue weighted by Crippen LogP contribution is 2.27. The Labute approximate surface area is 167 Å². The van der Waals surface area contributed by atoms with Crippen molar-refractivity contribution in [1.29, 1.82) is 0 Å². The predicted molar refractivity (Wildman–Crippen MR) is 110 cm³/mol. The van der Waals surface area contributed by atoms with Crippen molar-refractivity contribution in [2.75, 3.05) is 33.9 Å². The number of nitrogens with zero attached hydrogens (tertiary/aromatic N) is 1. The van der Waals surface area contributed by atoms with Gasteiger partial charge in [-0.2, -0.15) is 0 Å². The van der Waals surface area contributed by atoms with Crippen LogP contribution in [0.15, 0.2) is 34.2 Å². The maximum atomic E-state index is 12.2. The third-order valence-electron chi connectivity index (χ3n) is 3.75. The summed E-state index contributed by atoms with van der Waals surface area (Å²) in [5.41, 5.74) is 0.874. The molecule has 9 heteroatoms. The number of benzene rings is 1. The van der Waals surface area contributed by atoms with Crippen molar-refractivity contribution in [3.8, 4) is 0 Å². The van der Waals surface area contributed by atoms with E-state index in [9.17, 15) is 8.42 Å². The molecule has 0 unspecified atom stereocenters. The lowest BCUT2D eigenvalue weighted by molar-refractivity contribution is 0.204. The van der Waals surface area contributed by atoms with Gasteiger partial charge < -0.3 is 15.4 Å². The predicted octanol–water partition coefficient (Wildman–Crippen LogP) is 1.30. The van der Waals surface area contributed by atoms with Gasteiger partial charge in [0.2, 0.25) is 10.0 Å². The van der Waals surface area contributed by atoms with Gasteiger partial charge in [0.15, 0.2) is 5.96 Å². The Balaban J connectivity index is 0.00000312. The number of hydrogen-bond acceptors (Lipinski definition) is 4. The minimum absolute atomic E-state index is 0. The van der Waals surface area contributed by atoms with Gasteiger partial charge in [-0.15, -0.1) is 24.0 Å². The quantitative estimate of drug-likeness (QED) is 0.214. The Morgan fingerprint density at radius 2 is 2.08 bits per heavy atom. The van der Waals surface area contributed by atoms with Gasteiger partial charge in [-0.25, -0.2) is 13.1 Å². The fraction of sp³-hybridized carbons (Fsp3) is 0.562. The first-order valence-corrected chi connectivity index (χ1v) is 9.55. The molecule has 1 saturated carbocycles. The second-order valence-corrected chi connectivity index (χ2v) is 7.55. The average molecular weight is 482 g/mol. The molecule has 0 aliphatic heterocycles. The van der Waals surface area contributed by atoms with Crippen LogP contribution in [0.5, 0.6) is 0 Å². The molecule has 0 bridgehead atoms. The van der Waals surface area contributed by atoms with Crippen molar-refractivity contribution in [2.45, 2.75) is 24.3 Å². The van der Waals surface area contributed by atoms with Crippen molar-refractivity contribution in [3.05, 3.63) is 29.8 Å². The number of methoxy groups -OCH3 is 1. The zero-order valence-electron chi connectivity index (χ0n) is 14.6. The standard InChI is InChI=1S/C16H26N4O3S.HI/c1-17-16(18-11-13-6-7-13)19-12-14-4-3-5-15(10-14)24(21,22)20-8-9-23-2;/h3-5,10,13,20H,6-9,11-12H2,1-2H3,(H2,17,18,19);1H. The van der Waals surface area contributed by atoms with Gasteiger partial charge in [0, 0.05) is 33.8 Å². The number of ether oxygens (including phenoxy) is 1. The molecule has 3 N–H and O–H groups in total. The maximum absolute atomic E-state index is 12.2. The van der Waals surface area contributed by atoms with Crippen molar-refractivity contribution < 1.29 is 13.2 Å². The molecule has 2 rings (SSSR count). The zero-order valence-corrected chi connectivity index (χ0v) is 17.8. The molecule has 0 radical (unpaired) electrons. The molecule has 0 atom stereocenters. The first-order chi connectivity index (χ1) is 11.5. The monoisotopic (exact) mass is 482 g/mol. The summed E-state index contributed by atoms with van der Waals surface area (Å²) < 4.78 is 31.8. The van der Waals surface area contributed by atoms with Gasteiger partial charge in [-0.3, -0.25) is 4.99 Å². The van der Waals surface area contributed by atoms with Gasteiger partial charge in [-0.05, 0) is 36.5 Å². The molecule has 142 valence electrons. The first-order valence-electron chi connectivity index (χ1n) is 8.07. The van der Waals surface area contributed by atoms with Crippen LogP contribution in [0, 0.1) is 5.92 Å².